The molecule has 34 heavy (non-hydrogen) atoms. The van der Waals surface area contributed by atoms with E-state index in [2.05, 4.69) is 27.0 Å². The van der Waals surface area contributed by atoms with Crippen molar-refractivity contribution < 1.29 is 19.0 Å². The van der Waals surface area contributed by atoms with E-state index < -0.39 is 6.03 Å². The summed E-state index contributed by atoms with van der Waals surface area (Å²) in [6.45, 7) is 4.76. The zero-order valence-corrected chi connectivity index (χ0v) is 19.7. The van der Waals surface area contributed by atoms with Gasteiger partial charge in [-0.2, -0.15) is 13.5 Å². The van der Waals surface area contributed by atoms with Crippen molar-refractivity contribution >= 4 is 36.2 Å². The summed E-state index contributed by atoms with van der Waals surface area (Å²) in [6.07, 6.45) is 2.96. The van der Waals surface area contributed by atoms with Crippen molar-refractivity contribution in [3.8, 4) is 17.1 Å². The number of nitrogens with two attached hydrogens (primary N) is 1. The summed E-state index contributed by atoms with van der Waals surface area (Å²) in [6, 6.07) is 9.74. The lowest BCUT2D eigenvalue weighted by Crippen LogP contribution is -2.49. The van der Waals surface area contributed by atoms with Gasteiger partial charge in [-0.3, -0.25) is 4.98 Å². The van der Waals surface area contributed by atoms with Crippen LogP contribution in [0.4, 0.5) is 10.5 Å². The molecule has 11 heteroatoms. The summed E-state index contributed by atoms with van der Waals surface area (Å²) >= 11 is 0. The molecule has 3 aromatic rings. The molecule has 0 aliphatic carbocycles. The Kier molecular flexibility index (Phi) is 7.66. The van der Waals surface area contributed by atoms with Crippen LogP contribution in [-0.2, 0) is 9.47 Å². The molecule has 2 N–H and O–H groups in total. The molecule has 0 spiro atoms. The Balaban J connectivity index is 0.00000274. The number of aromatic nitrogens is 3. The molecule has 10 nitrogen and oxygen atoms in total. The van der Waals surface area contributed by atoms with Crippen LogP contribution in [0.25, 0.3) is 22.3 Å². The SMILES string of the molecule is NC(=O)N1CCO[C@H](COc2nc(-c3ccc(N4CCOCC4)cc3)cc3nccnc23)C1.S. The van der Waals surface area contributed by atoms with Crippen molar-refractivity contribution in [3.05, 3.63) is 42.7 Å². The Hall–Kier alpha value is -3.15. The monoisotopic (exact) mass is 484 g/mol. The quantitative estimate of drug-likeness (QED) is 0.583. The lowest BCUT2D eigenvalue weighted by atomic mass is 10.1. The first-order valence-corrected chi connectivity index (χ1v) is 11.0. The minimum atomic E-state index is -0.458. The zero-order chi connectivity index (χ0) is 22.6. The molecule has 4 heterocycles. The number of carbonyl (C=O) groups excluding carboxylic acids is 1. The number of urea groups is 1. The van der Waals surface area contributed by atoms with Crippen LogP contribution in [0.5, 0.6) is 5.88 Å². The average molecular weight is 485 g/mol. The molecule has 2 fully saturated rings. The lowest BCUT2D eigenvalue weighted by Gasteiger charge is -2.31. The highest BCUT2D eigenvalue weighted by Gasteiger charge is 2.24. The predicted molar refractivity (Wildman–Crippen MR) is 133 cm³/mol. The summed E-state index contributed by atoms with van der Waals surface area (Å²) in [4.78, 5) is 28.9. The van der Waals surface area contributed by atoms with Gasteiger partial charge in [-0.25, -0.2) is 14.8 Å². The molecule has 0 radical (unpaired) electrons. The summed E-state index contributed by atoms with van der Waals surface area (Å²) in [5, 5.41) is 0. The number of hydrogen-bond donors (Lipinski definition) is 1. The molecular weight excluding hydrogens is 456 g/mol. The Labute approximate surface area is 204 Å². The van der Waals surface area contributed by atoms with Gasteiger partial charge in [0, 0.05) is 43.3 Å². The second kappa shape index (κ2) is 10.9. The molecule has 5 rings (SSSR count). The van der Waals surface area contributed by atoms with E-state index >= 15 is 0 Å². The summed E-state index contributed by atoms with van der Waals surface area (Å²) in [5.74, 6) is 0.382. The van der Waals surface area contributed by atoms with Gasteiger partial charge >= 0.3 is 6.03 Å². The molecule has 0 bridgehead atoms. The van der Waals surface area contributed by atoms with E-state index in [4.69, 9.17) is 24.9 Å². The van der Waals surface area contributed by atoms with Gasteiger partial charge in [-0.1, -0.05) is 12.1 Å². The molecule has 0 saturated carbocycles. The van der Waals surface area contributed by atoms with E-state index in [0.717, 1.165) is 43.2 Å². The topological polar surface area (TPSA) is 116 Å². The number of nitrogens with zero attached hydrogens (tertiary/aromatic N) is 5. The number of primary amides is 1. The molecule has 2 aliphatic heterocycles. The molecule has 1 aromatic carbocycles. The molecular formula is C23H28N6O4S. The Bertz CT molecular complexity index is 1130. The Morgan fingerprint density at radius 2 is 1.85 bits per heavy atom. The number of rotatable bonds is 5. The Morgan fingerprint density at radius 1 is 1.09 bits per heavy atom. The van der Waals surface area contributed by atoms with Crippen molar-refractivity contribution in [1.82, 2.24) is 19.9 Å². The maximum atomic E-state index is 11.5. The van der Waals surface area contributed by atoms with E-state index in [1.807, 2.05) is 18.2 Å². The molecule has 2 aromatic heterocycles. The van der Waals surface area contributed by atoms with Crippen LogP contribution in [0, 0.1) is 0 Å². The Morgan fingerprint density at radius 3 is 2.62 bits per heavy atom. The number of amides is 2. The summed E-state index contributed by atoms with van der Waals surface area (Å²) in [7, 11) is 0. The number of pyridine rings is 1. The number of anilines is 1. The normalized spacial score (nSPS) is 18.4. The largest absolute Gasteiger partial charge is 0.473 e. The smallest absolute Gasteiger partial charge is 0.314 e. The van der Waals surface area contributed by atoms with E-state index in [1.54, 1.807) is 17.3 Å². The standard InChI is InChI=1S/C23H26N6O4.H2S/c24-23(30)29-9-12-32-18(14-29)15-33-22-21-20(25-5-6-26-21)13-19(27-22)16-1-3-17(4-2-16)28-7-10-31-11-8-28;/h1-6,13,18H,7-12,14-15H2,(H2,24,30);1H2/t18-;/m0./s1. The van der Waals surface area contributed by atoms with Crippen molar-refractivity contribution in [2.24, 2.45) is 5.73 Å². The molecule has 2 amide bonds. The third-order valence-electron chi connectivity index (χ3n) is 5.82. The van der Waals surface area contributed by atoms with Crippen molar-refractivity contribution in [3.63, 3.8) is 0 Å². The van der Waals surface area contributed by atoms with E-state index in [9.17, 15) is 4.79 Å². The average Bonchev–Trinajstić information content (AvgIpc) is 2.88. The van der Waals surface area contributed by atoms with E-state index in [1.165, 1.54) is 0 Å². The highest BCUT2D eigenvalue weighted by atomic mass is 32.1. The highest BCUT2D eigenvalue weighted by molar-refractivity contribution is 7.59. The van der Waals surface area contributed by atoms with Gasteiger partial charge in [0.25, 0.3) is 0 Å². The zero-order valence-electron chi connectivity index (χ0n) is 18.7. The number of fused-ring (bicyclic) bond motifs is 1. The molecule has 1 atom stereocenters. The van der Waals surface area contributed by atoms with Crippen molar-refractivity contribution in [2.75, 3.05) is 57.5 Å². The fourth-order valence-corrected chi connectivity index (χ4v) is 4.05. The number of benzene rings is 1. The number of carbonyl (C=O) groups is 1. The highest BCUT2D eigenvalue weighted by Crippen LogP contribution is 2.28. The first-order valence-electron chi connectivity index (χ1n) is 11.0. The van der Waals surface area contributed by atoms with Gasteiger partial charge in [0.1, 0.15) is 12.7 Å². The number of ether oxygens (including phenoxy) is 3. The van der Waals surface area contributed by atoms with Crippen molar-refractivity contribution in [2.45, 2.75) is 6.10 Å². The fourth-order valence-electron chi connectivity index (χ4n) is 4.05. The summed E-state index contributed by atoms with van der Waals surface area (Å²) in [5.41, 5.74) is 9.54. The second-order valence-electron chi connectivity index (χ2n) is 7.97. The third-order valence-corrected chi connectivity index (χ3v) is 5.82. The van der Waals surface area contributed by atoms with Crippen LogP contribution < -0.4 is 15.4 Å². The summed E-state index contributed by atoms with van der Waals surface area (Å²) < 4.78 is 17.2. The maximum absolute atomic E-state index is 11.5. The van der Waals surface area contributed by atoms with Crippen LogP contribution in [0.2, 0.25) is 0 Å². The van der Waals surface area contributed by atoms with Gasteiger partial charge in [0.2, 0.25) is 5.88 Å². The maximum Gasteiger partial charge on any atom is 0.314 e. The molecule has 0 unspecified atom stereocenters. The third kappa shape index (κ3) is 5.32. The number of hydrogen-bond acceptors (Lipinski definition) is 8. The fraction of sp³-hybridized carbons (Fsp3) is 0.391. The van der Waals surface area contributed by atoms with Crippen molar-refractivity contribution in [1.29, 1.82) is 0 Å². The van der Waals surface area contributed by atoms with E-state index in [0.29, 0.717) is 36.6 Å². The minimum Gasteiger partial charge on any atom is -0.473 e. The van der Waals surface area contributed by atoms with Gasteiger partial charge < -0.3 is 29.7 Å². The molecule has 2 aliphatic rings. The van der Waals surface area contributed by atoms with Gasteiger partial charge in [0.15, 0.2) is 5.52 Å². The molecule has 2 saturated heterocycles. The number of morpholine rings is 2. The van der Waals surface area contributed by atoms with E-state index in [-0.39, 0.29) is 26.2 Å². The van der Waals surface area contributed by atoms with Crippen LogP contribution in [-0.4, -0.2) is 84.6 Å². The predicted octanol–water partition coefficient (Wildman–Crippen LogP) is 1.80. The molecule has 180 valence electrons. The van der Waals surface area contributed by atoms with Crippen LogP contribution in [0.1, 0.15) is 0 Å². The van der Waals surface area contributed by atoms with Crippen LogP contribution >= 0.6 is 13.5 Å². The van der Waals surface area contributed by atoms with Gasteiger partial charge in [-0.15, -0.1) is 0 Å². The first kappa shape index (κ1) is 24.0. The van der Waals surface area contributed by atoms with Gasteiger partial charge in [0.05, 0.1) is 37.6 Å². The lowest BCUT2D eigenvalue weighted by molar-refractivity contribution is -0.0346. The minimum absolute atomic E-state index is 0. The van der Waals surface area contributed by atoms with Crippen LogP contribution in [0.15, 0.2) is 42.7 Å². The van der Waals surface area contributed by atoms with Gasteiger partial charge in [-0.05, 0) is 18.2 Å². The second-order valence-corrected chi connectivity index (χ2v) is 7.97. The van der Waals surface area contributed by atoms with Crippen LogP contribution in [0.3, 0.4) is 0 Å². The first-order chi connectivity index (χ1) is 16.2.